The highest BCUT2D eigenvalue weighted by molar-refractivity contribution is 6.31. The SMILES string of the molecule is CC(=O)N1CCC(Oc2ccc(Cl)cc2C(=O)NC[C@@H](C)c2ccccc2)CC1. The van der Waals surface area contributed by atoms with Crippen LogP contribution in [0.5, 0.6) is 5.75 Å². The molecule has 0 bridgehead atoms. The summed E-state index contributed by atoms with van der Waals surface area (Å²) in [5.74, 6) is 0.606. The molecule has 0 radical (unpaired) electrons. The molecule has 2 amide bonds. The quantitative estimate of drug-likeness (QED) is 0.768. The number of hydrogen-bond donors (Lipinski definition) is 1. The number of hydrogen-bond acceptors (Lipinski definition) is 3. The van der Waals surface area contributed by atoms with Gasteiger partial charge in [0.1, 0.15) is 11.9 Å². The number of amides is 2. The second kappa shape index (κ2) is 9.79. The van der Waals surface area contributed by atoms with E-state index >= 15 is 0 Å². The minimum absolute atomic E-state index is 0.0263. The molecule has 1 aliphatic rings. The van der Waals surface area contributed by atoms with Gasteiger partial charge in [-0.25, -0.2) is 0 Å². The molecule has 2 aromatic rings. The Morgan fingerprint density at radius 1 is 1.17 bits per heavy atom. The molecule has 1 N–H and O–H groups in total. The predicted octanol–water partition coefficient (Wildman–Crippen LogP) is 4.26. The molecule has 0 aliphatic carbocycles. The van der Waals surface area contributed by atoms with Crippen molar-refractivity contribution >= 4 is 23.4 Å². The molecule has 5 nitrogen and oxygen atoms in total. The van der Waals surface area contributed by atoms with Crippen LogP contribution >= 0.6 is 11.6 Å². The van der Waals surface area contributed by atoms with Crippen molar-refractivity contribution in [3.05, 3.63) is 64.7 Å². The first-order valence-electron chi connectivity index (χ1n) is 9.99. The van der Waals surface area contributed by atoms with Gasteiger partial charge in [0.05, 0.1) is 5.56 Å². The molecular weight excluding hydrogens is 388 g/mol. The lowest BCUT2D eigenvalue weighted by atomic mass is 10.0. The topological polar surface area (TPSA) is 58.6 Å². The summed E-state index contributed by atoms with van der Waals surface area (Å²) in [7, 11) is 0. The molecular formula is C23H27ClN2O3. The number of likely N-dealkylation sites (tertiary alicyclic amines) is 1. The number of nitrogens with zero attached hydrogens (tertiary/aromatic N) is 1. The summed E-state index contributed by atoms with van der Waals surface area (Å²) in [5, 5.41) is 3.48. The van der Waals surface area contributed by atoms with Crippen molar-refractivity contribution in [1.29, 1.82) is 0 Å². The minimum atomic E-state index is -0.202. The molecule has 154 valence electrons. The van der Waals surface area contributed by atoms with Gasteiger partial charge in [0.15, 0.2) is 0 Å². The van der Waals surface area contributed by atoms with E-state index in [-0.39, 0.29) is 23.8 Å². The minimum Gasteiger partial charge on any atom is -0.489 e. The Labute approximate surface area is 177 Å². The summed E-state index contributed by atoms with van der Waals surface area (Å²) in [6.45, 7) is 5.52. The van der Waals surface area contributed by atoms with Gasteiger partial charge in [-0.2, -0.15) is 0 Å². The summed E-state index contributed by atoms with van der Waals surface area (Å²) < 4.78 is 6.12. The maximum atomic E-state index is 12.8. The molecule has 6 heteroatoms. The molecule has 2 aromatic carbocycles. The number of carbonyl (C=O) groups excluding carboxylic acids is 2. The van der Waals surface area contributed by atoms with E-state index in [1.54, 1.807) is 25.1 Å². The fraction of sp³-hybridized carbons (Fsp3) is 0.391. The predicted molar refractivity (Wildman–Crippen MR) is 115 cm³/mol. The first kappa shape index (κ1) is 21.2. The van der Waals surface area contributed by atoms with Gasteiger partial charge in [-0.1, -0.05) is 48.9 Å². The molecule has 0 aromatic heterocycles. The number of carbonyl (C=O) groups is 2. The highest BCUT2D eigenvalue weighted by Gasteiger charge is 2.24. The van der Waals surface area contributed by atoms with E-state index in [9.17, 15) is 9.59 Å². The van der Waals surface area contributed by atoms with Crippen molar-refractivity contribution in [2.45, 2.75) is 38.7 Å². The number of benzene rings is 2. The molecule has 29 heavy (non-hydrogen) atoms. The van der Waals surface area contributed by atoms with Gasteiger partial charge in [0, 0.05) is 44.4 Å². The molecule has 1 heterocycles. The Kier molecular flexibility index (Phi) is 7.15. The molecule has 0 saturated carbocycles. The van der Waals surface area contributed by atoms with E-state index in [0.29, 0.717) is 36.0 Å². The van der Waals surface area contributed by atoms with Crippen molar-refractivity contribution in [1.82, 2.24) is 10.2 Å². The highest BCUT2D eigenvalue weighted by atomic mass is 35.5. The van der Waals surface area contributed by atoms with E-state index in [2.05, 4.69) is 24.4 Å². The van der Waals surface area contributed by atoms with Crippen LogP contribution in [-0.2, 0) is 4.79 Å². The third-order valence-corrected chi connectivity index (χ3v) is 5.54. The third kappa shape index (κ3) is 5.73. The van der Waals surface area contributed by atoms with E-state index in [1.165, 1.54) is 5.56 Å². The van der Waals surface area contributed by atoms with Gasteiger partial charge in [0.2, 0.25) is 5.91 Å². The van der Waals surface area contributed by atoms with Crippen LogP contribution in [-0.4, -0.2) is 42.5 Å². The second-order valence-corrected chi connectivity index (χ2v) is 7.92. The first-order valence-corrected chi connectivity index (χ1v) is 10.4. The van der Waals surface area contributed by atoms with Crippen LogP contribution < -0.4 is 10.1 Å². The summed E-state index contributed by atoms with van der Waals surface area (Å²) in [4.78, 5) is 26.1. The number of piperidine rings is 1. The lowest BCUT2D eigenvalue weighted by molar-refractivity contribution is -0.130. The van der Waals surface area contributed by atoms with Gasteiger partial charge in [0.25, 0.3) is 5.91 Å². The Morgan fingerprint density at radius 2 is 1.86 bits per heavy atom. The Hall–Kier alpha value is -2.53. The zero-order chi connectivity index (χ0) is 20.8. The van der Waals surface area contributed by atoms with Crippen molar-refractivity contribution < 1.29 is 14.3 Å². The Balaban J connectivity index is 1.63. The van der Waals surface area contributed by atoms with Crippen LogP contribution in [0.1, 0.15) is 48.5 Å². The average molecular weight is 415 g/mol. The Bertz CT molecular complexity index is 848. The first-order chi connectivity index (χ1) is 13.9. The largest absolute Gasteiger partial charge is 0.489 e. The van der Waals surface area contributed by atoms with Gasteiger partial charge >= 0.3 is 0 Å². The van der Waals surface area contributed by atoms with E-state index in [0.717, 1.165) is 12.8 Å². The van der Waals surface area contributed by atoms with E-state index in [4.69, 9.17) is 16.3 Å². The van der Waals surface area contributed by atoms with Crippen molar-refractivity contribution in [2.75, 3.05) is 19.6 Å². The zero-order valence-corrected chi connectivity index (χ0v) is 17.6. The van der Waals surface area contributed by atoms with Crippen LogP contribution in [0, 0.1) is 0 Å². The normalized spacial score (nSPS) is 15.6. The molecule has 1 fully saturated rings. The van der Waals surface area contributed by atoms with Crippen LogP contribution in [0.3, 0.4) is 0 Å². The molecule has 1 atom stereocenters. The van der Waals surface area contributed by atoms with Gasteiger partial charge in [-0.3, -0.25) is 9.59 Å². The number of halogens is 1. The average Bonchev–Trinajstić information content (AvgIpc) is 2.74. The van der Waals surface area contributed by atoms with Gasteiger partial charge in [-0.05, 0) is 29.7 Å². The second-order valence-electron chi connectivity index (χ2n) is 7.49. The molecule has 0 spiro atoms. The lowest BCUT2D eigenvalue weighted by Gasteiger charge is -2.31. The smallest absolute Gasteiger partial charge is 0.255 e. The van der Waals surface area contributed by atoms with Crippen molar-refractivity contribution in [3.63, 3.8) is 0 Å². The van der Waals surface area contributed by atoms with Crippen LogP contribution in [0.15, 0.2) is 48.5 Å². The fourth-order valence-electron chi connectivity index (χ4n) is 3.49. The standard InChI is InChI=1S/C23H27ClN2O3/c1-16(18-6-4-3-5-7-18)15-25-23(28)21-14-19(24)8-9-22(21)29-20-10-12-26(13-11-20)17(2)27/h3-9,14,16,20H,10-13,15H2,1-2H3,(H,25,28)/t16-/m1/s1. The van der Waals surface area contributed by atoms with Crippen LogP contribution in [0.2, 0.25) is 5.02 Å². The fourth-order valence-corrected chi connectivity index (χ4v) is 3.66. The summed E-state index contributed by atoms with van der Waals surface area (Å²) >= 11 is 6.14. The van der Waals surface area contributed by atoms with Crippen molar-refractivity contribution in [3.8, 4) is 5.75 Å². The van der Waals surface area contributed by atoms with Gasteiger partial charge in [-0.15, -0.1) is 0 Å². The third-order valence-electron chi connectivity index (χ3n) is 5.30. The highest BCUT2D eigenvalue weighted by Crippen LogP contribution is 2.26. The van der Waals surface area contributed by atoms with E-state index in [1.807, 2.05) is 23.1 Å². The zero-order valence-electron chi connectivity index (χ0n) is 16.9. The van der Waals surface area contributed by atoms with E-state index < -0.39 is 0 Å². The number of rotatable bonds is 6. The number of ether oxygens (including phenoxy) is 1. The lowest BCUT2D eigenvalue weighted by Crippen LogP contribution is -2.40. The molecule has 3 rings (SSSR count). The van der Waals surface area contributed by atoms with Crippen LogP contribution in [0.25, 0.3) is 0 Å². The maximum Gasteiger partial charge on any atom is 0.255 e. The maximum absolute atomic E-state index is 12.8. The molecule has 0 unspecified atom stereocenters. The molecule has 1 aliphatic heterocycles. The monoisotopic (exact) mass is 414 g/mol. The van der Waals surface area contributed by atoms with Crippen LogP contribution in [0.4, 0.5) is 0 Å². The Morgan fingerprint density at radius 3 is 2.52 bits per heavy atom. The summed E-state index contributed by atoms with van der Waals surface area (Å²) in [6, 6.07) is 15.2. The van der Waals surface area contributed by atoms with Gasteiger partial charge < -0.3 is 15.0 Å². The summed E-state index contributed by atoms with van der Waals surface area (Å²) in [5.41, 5.74) is 1.61. The summed E-state index contributed by atoms with van der Waals surface area (Å²) in [6.07, 6.45) is 1.46. The number of nitrogens with one attached hydrogen (secondary N) is 1. The van der Waals surface area contributed by atoms with Crippen molar-refractivity contribution in [2.24, 2.45) is 0 Å². The molecule has 1 saturated heterocycles.